The zero-order valence-electron chi connectivity index (χ0n) is 17.2. The second-order valence-corrected chi connectivity index (χ2v) is 8.94. The van der Waals surface area contributed by atoms with E-state index in [1.54, 1.807) is 0 Å². The molecule has 1 fully saturated rings. The fourth-order valence-corrected chi connectivity index (χ4v) is 5.64. The van der Waals surface area contributed by atoms with Crippen LogP contribution < -0.4 is 0 Å². The van der Waals surface area contributed by atoms with Gasteiger partial charge in [-0.15, -0.1) is 0 Å². The maximum absolute atomic E-state index is 13.4. The predicted octanol–water partition coefficient (Wildman–Crippen LogP) is 4.23. The van der Waals surface area contributed by atoms with Crippen molar-refractivity contribution >= 4 is 22.4 Å². The molecule has 1 amide bonds. The second-order valence-electron chi connectivity index (χ2n) is 8.94. The van der Waals surface area contributed by atoms with Crippen LogP contribution in [-0.2, 0) is 17.8 Å². The van der Waals surface area contributed by atoms with Crippen LogP contribution in [0.25, 0.3) is 16.5 Å². The Bertz CT molecular complexity index is 1120. The minimum Gasteiger partial charge on any atom is -0.361 e. The summed E-state index contributed by atoms with van der Waals surface area (Å²) < 4.78 is 0. The number of carbonyl (C=O) groups is 1. The number of aromatic amines is 1. The molecule has 1 N–H and O–H groups in total. The first-order chi connectivity index (χ1) is 14.8. The number of aromatic nitrogens is 1. The highest BCUT2D eigenvalue weighted by atomic mass is 16.2. The van der Waals surface area contributed by atoms with E-state index in [-0.39, 0.29) is 5.92 Å². The Morgan fingerprint density at radius 1 is 1.03 bits per heavy atom. The summed E-state index contributed by atoms with van der Waals surface area (Å²) in [5, 5.41) is 1.34. The van der Waals surface area contributed by atoms with Crippen molar-refractivity contribution < 1.29 is 4.79 Å². The van der Waals surface area contributed by atoms with Gasteiger partial charge in [0.25, 0.3) is 0 Å². The van der Waals surface area contributed by atoms with Crippen LogP contribution in [0.15, 0.2) is 60.8 Å². The van der Waals surface area contributed by atoms with Crippen molar-refractivity contribution in [2.24, 2.45) is 5.92 Å². The smallest absolute Gasteiger partial charge is 0.230 e. The van der Waals surface area contributed by atoms with Crippen molar-refractivity contribution in [1.29, 1.82) is 0 Å². The molecule has 4 nitrogen and oxygen atoms in total. The molecular formula is C26H27N3O. The van der Waals surface area contributed by atoms with Gasteiger partial charge < -0.3 is 9.88 Å². The van der Waals surface area contributed by atoms with Crippen molar-refractivity contribution in [1.82, 2.24) is 14.8 Å². The lowest BCUT2D eigenvalue weighted by Crippen LogP contribution is -2.48. The van der Waals surface area contributed by atoms with Gasteiger partial charge in [0, 0.05) is 49.3 Å². The number of H-pyrrole nitrogens is 1. The summed E-state index contributed by atoms with van der Waals surface area (Å²) in [7, 11) is 0. The third-order valence-corrected chi connectivity index (χ3v) is 7.09. The molecule has 0 saturated carbocycles. The monoisotopic (exact) mass is 397 g/mol. The maximum Gasteiger partial charge on any atom is 0.230 e. The average molecular weight is 398 g/mol. The summed E-state index contributed by atoms with van der Waals surface area (Å²) in [5.74, 6) is 0.248. The summed E-state index contributed by atoms with van der Waals surface area (Å²) in [4.78, 5) is 21.4. The zero-order valence-corrected chi connectivity index (χ0v) is 17.2. The van der Waals surface area contributed by atoms with Gasteiger partial charge >= 0.3 is 0 Å². The van der Waals surface area contributed by atoms with Crippen molar-refractivity contribution in [2.45, 2.75) is 31.8 Å². The molecule has 1 saturated heterocycles. The van der Waals surface area contributed by atoms with E-state index in [9.17, 15) is 4.79 Å². The predicted molar refractivity (Wildman–Crippen MR) is 120 cm³/mol. The first kappa shape index (κ1) is 18.0. The molecule has 0 unspecified atom stereocenters. The van der Waals surface area contributed by atoms with Gasteiger partial charge in [0.15, 0.2) is 0 Å². The second kappa shape index (κ2) is 7.13. The minimum atomic E-state index is -0.0613. The van der Waals surface area contributed by atoms with Crippen molar-refractivity contribution in [2.75, 3.05) is 19.6 Å². The Morgan fingerprint density at radius 2 is 1.87 bits per heavy atom. The Hall–Kier alpha value is -2.85. The third kappa shape index (κ3) is 2.90. The molecule has 3 aromatic rings. The van der Waals surface area contributed by atoms with E-state index >= 15 is 0 Å². The molecule has 6 rings (SSSR count). The Kier molecular flexibility index (Phi) is 4.27. The maximum atomic E-state index is 13.4. The number of nitrogens with zero attached hydrogens (tertiary/aromatic N) is 2. The van der Waals surface area contributed by atoms with Gasteiger partial charge in [0.1, 0.15) is 0 Å². The molecule has 2 aliphatic heterocycles. The topological polar surface area (TPSA) is 39.3 Å². The number of hydrogen-bond acceptors (Lipinski definition) is 2. The summed E-state index contributed by atoms with van der Waals surface area (Å²) in [6.45, 7) is 3.51. The minimum absolute atomic E-state index is 0.0613. The molecular weight excluding hydrogens is 370 g/mol. The summed E-state index contributed by atoms with van der Waals surface area (Å²) in [5.41, 5.74) is 6.54. The standard InChI is InChI=1S/C26H27N3O/c30-26(28-11-4-5-12-28)20-13-22-21-9-6-10-23-25(21)19(15-27-23)14-24(22)29(17-20)16-18-7-2-1-3-8-18/h1-3,6-10,13,15,20,24,27H,4-5,11-12,14,16-17H2/t20-,24-/m1/s1. The van der Waals surface area contributed by atoms with E-state index in [0.717, 1.165) is 45.4 Å². The molecule has 2 atom stereocenters. The molecule has 0 radical (unpaired) electrons. The van der Waals surface area contributed by atoms with Crippen molar-refractivity contribution in [3.8, 4) is 0 Å². The molecule has 3 aliphatic rings. The summed E-state index contributed by atoms with van der Waals surface area (Å²) >= 11 is 0. The first-order valence-electron chi connectivity index (χ1n) is 11.2. The van der Waals surface area contributed by atoms with Gasteiger partial charge in [-0.25, -0.2) is 0 Å². The third-order valence-electron chi connectivity index (χ3n) is 7.09. The Balaban J connectivity index is 1.43. The Labute approximate surface area is 177 Å². The van der Waals surface area contributed by atoms with Crippen LogP contribution in [0.3, 0.4) is 0 Å². The molecule has 4 heteroatoms. The number of carbonyl (C=O) groups excluding carboxylic acids is 1. The van der Waals surface area contributed by atoms with Crippen LogP contribution >= 0.6 is 0 Å². The highest BCUT2D eigenvalue weighted by Gasteiger charge is 2.38. The van der Waals surface area contributed by atoms with Crippen LogP contribution in [0, 0.1) is 5.92 Å². The van der Waals surface area contributed by atoms with Gasteiger partial charge in [-0.1, -0.05) is 48.5 Å². The number of nitrogens with one attached hydrogen (secondary N) is 1. The molecule has 152 valence electrons. The van der Waals surface area contributed by atoms with Gasteiger partial charge in [0.2, 0.25) is 5.91 Å². The highest BCUT2D eigenvalue weighted by Crippen LogP contribution is 2.42. The number of hydrogen-bond donors (Lipinski definition) is 1. The number of rotatable bonds is 3. The fraction of sp³-hybridized carbons (Fsp3) is 0.346. The molecule has 0 bridgehead atoms. The summed E-state index contributed by atoms with van der Waals surface area (Å²) in [6.07, 6.45) is 7.75. The van der Waals surface area contributed by atoms with Crippen LogP contribution in [-0.4, -0.2) is 46.4 Å². The molecule has 1 aliphatic carbocycles. The van der Waals surface area contributed by atoms with Crippen molar-refractivity contribution in [3.05, 3.63) is 77.5 Å². The van der Waals surface area contributed by atoms with E-state index in [0.29, 0.717) is 11.9 Å². The number of fused-ring (bicyclic) bond motifs is 2. The SMILES string of the molecule is O=C([C@@H]1C=C2c3cccc4[nH]cc(c34)C[C@H]2N(Cc2ccccc2)C1)N1CCCC1. The summed E-state index contributed by atoms with van der Waals surface area (Å²) in [6, 6.07) is 17.5. The molecule has 0 spiro atoms. The van der Waals surface area contributed by atoms with Crippen molar-refractivity contribution in [3.63, 3.8) is 0 Å². The quantitative estimate of drug-likeness (QED) is 0.718. The lowest BCUT2D eigenvalue weighted by Gasteiger charge is -2.42. The highest BCUT2D eigenvalue weighted by molar-refractivity contribution is 5.99. The van der Waals surface area contributed by atoms with Crippen LogP contribution in [0.1, 0.15) is 29.5 Å². The molecule has 3 heterocycles. The lowest BCUT2D eigenvalue weighted by atomic mass is 9.79. The van der Waals surface area contributed by atoms with Crippen LogP contribution in [0.5, 0.6) is 0 Å². The van der Waals surface area contributed by atoms with Gasteiger partial charge in [-0.3, -0.25) is 9.69 Å². The van der Waals surface area contributed by atoms with Gasteiger partial charge in [-0.2, -0.15) is 0 Å². The van der Waals surface area contributed by atoms with E-state index in [1.807, 2.05) is 0 Å². The molecule has 30 heavy (non-hydrogen) atoms. The first-order valence-corrected chi connectivity index (χ1v) is 11.2. The van der Waals surface area contributed by atoms with Gasteiger partial charge in [-0.05, 0) is 47.6 Å². The van der Waals surface area contributed by atoms with Gasteiger partial charge in [0.05, 0.1) is 5.92 Å². The largest absolute Gasteiger partial charge is 0.361 e. The number of amides is 1. The Morgan fingerprint density at radius 3 is 2.70 bits per heavy atom. The number of benzene rings is 2. The van der Waals surface area contributed by atoms with E-state index in [4.69, 9.17) is 0 Å². The molecule has 2 aromatic carbocycles. The lowest BCUT2D eigenvalue weighted by molar-refractivity contribution is -0.133. The normalized spacial score (nSPS) is 23.5. The van der Waals surface area contributed by atoms with E-state index < -0.39 is 0 Å². The average Bonchev–Trinajstić information content (AvgIpc) is 3.46. The van der Waals surface area contributed by atoms with Crippen LogP contribution in [0.4, 0.5) is 0 Å². The van der Waals surface area contributed by atoms with Crippen LogP contribution in [0.2, 0.25) is 0 Å². The fourth-order valence-electron chi connectivity index (χ4n) is 5.64. The zero-order chi connectivity index (χ0) is 20.1. The van der Waals surface area contributed by atoms with E-state index in [1.165, 1.54) is 33.2 Å². The molecule has 1 aromatic heterocycles. The van der Waals surface area contributed by atoms with E-state index in [2.05, 4.69) is 75.6 Å². The number of likely N-dealkylation sites (tertiary alicyclic amines) is 1.